The first-order valence-corrected chi connectivity index (χ1v) is 7.46. The largest absolute Gasteiger partial charge is 0.456 e. The van der Waals surface area contributed by atoms with Gasteiger partial charge in [-0.15, -0.1) is 0 Å². The van der Waals surface area contributed by atoms with Crippen LogP contribution >= 0.6 is 0 Å². The molecule has 1 aliphatic rings. The molecule has 0 aliphatic carbocycles. The summed E-state index contributed by atoms with van der Waals surface area (Å²) in [5.41, 5.74) is -0.841. The van der Waals surface area contributed by atoms with Crippen LogP contribution in [-0.2, 0) is 4.74 Å². The molecule has 0 aromatic heterocycles. The molecule has 0 bridgehead atoms. The minimum absolute atomic E-state index is 0.0100. The average molecular weight is 324 g/mol. The summed E-state index contributed by atoms with van der Waals surface area (Å²) in [6.45, 7) is 7.50. The first-order valence-electron chi connectivity index (χ1n) is 7.46. The van der Waals surface area contributed by atoms with Gasteiger partial charge in [-0.2, -0.15) is 0 Å². The van der Waals surface area contributed by atoms with Gasteiger partial charge in [0, 0.05) is 26.2 Å². The van der Waals surface area contributed by atoms with Gasteiger partial charge in [-0.3, -0.25) is 0 Å². The van der Waals surface area contributed by atoms with E-state index in [-0.39, 0.29) is 11.3 Å². The lowest BCUT2D eigenvalue weighted by atomic mass is 10.1. The maximum Gasteiger partial charge on any atom is 0.415 e. The number of carbonyl (C=O) groups excluding carboxylic acids is 2. The second-order valence-electron chi connectivity index (χ2n) is 6.25. The minimum Gasteiger partial charge on any atom is -0.456 e. The molecule has 1 amide bonds. The number of ether oxygens (including phenoxy) is 2. The van der Waals surface area contributed by atoms with Gasteiger partial charge in [0.15, 0.2) is 0 Å². The Labute approximate surface area is 134 Å². The van der Waals surface area contributed by atoms with Crippen molar-refractivity contribution < 1.29 is 23.5 Å². The zero-order valence-electron chi connectivity index (χ0n) is 13.5. The van der Waals surface area contributed by atoms with E-state index >= 15 is 0 Å². The average Bonchev–Trinajstić information content (AvgIpc) is 2.48. The summed E-state index contributed by atoms with van der Waals surface area (Å²) in [4.78, 5) is 25.9. The smallest absolute Gasteiger partial charge is 0.415 e. The Bertz CT molecular complexity index is 592. The molecule has 1 N–H and O–H groups in total. The summed E-state index contributed by atoms with van der Waals surface area (Å²) in [5, 5.41) is 3.12. The maximum atomic E-state index is 13.5. The predicted molar refractivity (Wildman–Crippen MR) is 82.0 cm³/mol. The van der Waals surface area contributed by atoms with Crippen molar-refractivity contribution in [2.24, 2.45) is 0 Å². The van der Waals surface area contributed by atoms with Gasteiger partial charge >= 0.3 is 12.1 Å². The third-order valence-corrected chi connectivity index (χ3v) is 3.13. The number of benzene rings is 1. The van der Waals surface area contributed by atoms with Crippen LogP contribution in [0.5, 0.6) is 5.75 Å². The van der Waals surface area contributed by atoms with Crippen molar-refractivity contribution in [2.75, 3.05) is 26.2 Å². The first-order chi connectivity index (χ1) is 10.8. The molecule has 1 aliphatic heterocycles. The highest BCUT2D eigenvalue weighted by atomic mass is 19.1. The number of hydrogen-bond acceptors (Lipinski definition) is 5. The van der Waals surface area contributed by atoms with Gasteiger partial charge in [-0.05, 0) is 39.0 Å². The quantitative estimate of drug-likeness (QED) is 0.845. The summed E-state index contributed by atoms with van der Waals surface area (Å²) >= 11 is 0. The van der Waals surface area contributed by atoms with Crippen molar-refractivity contribution in [1.82, 2.24) is 10.2 Å². The number of piperazine rings is 1. The Morgan fingerprint density at radius 3 is 2.48 bits per heavy atom. The zero-order valence-corrected chi connectivity index (χ0v) is 13.5. The number of carbonyl (C=O) groups is 2. The molecule has 0 unspecified atom stereocenters. The fraction of sp³-hybridized carbons (Fsp3) is 0.500. The highest BCUT2D eigenvalue weighted by Gasteiger charge is 2.25. The lowest BCUT2D eigenvalue weighted by Crippen LogP contribution is -2.47. The molecule has 1 aromatic carbocycles. The molecule has 7 heteroatoms. The number of rotatable bonds is 2. The monoisotopic (exact) mass is 324 g/mol. The molecule has 126 valence electrons. The van der Waals surface area contributed by atoms with Crippen molar-refractivity contribution in [3.8, 4) is 5.75 Å². The molecule has 0 saturated carbocycles. The van der Waals surface area contributed by atoms with Crippen LogP contribution in [0.1, 0.15) is 31.1 Å². The van der Waals surface area contributed by atoms with E-state index in [0.717, 1.165) is 12.1 Å². The molecular weight excluding hydrogens is 303 g/mol. The second-order valence-corrected chi connectivity index (χ2v) is 6.25. The molecule has 2 rings (SSSR count). The molecule has 0 spiro atoms. The van der Waals surface area contributed by atoms with Crippen LogP contribution in [0, 0.1) is 5.82 Å². The van der Waals surface area contributed by atoms with Crippen LogP contribution in [0.4, 0.5) is 9.18 Å². The Hall–Kier alpha value is -2.15. The number of halogens is 1. The van der Waals surface area contributed by atoms with Crippen molar-refractivity contribution in [2.45, 2.75) is 26.4 Å². The topological polar surface area (TPSA) is 67.9 Å². The van der Waals surface area contributed by atoms with E-state index in [1.807, 2.05) is 0 Å². The standard InChI is InChI=1S/C16H21FN2O4/c1-16(2,3)23-14(20)12-10-11(17)4-5-13(12)22-15(21)19-8-6-18-7-9-19/h4-5,10,18H,6-9H2,1-3H3. The molecule has 1 aromatic rings. The van der Waals surface area contributed by atoms with E-state index in [2.05, 4.69) is 5.32 Å². The van der Waals surface area contributed by atoms with Crippen molar-refractivity contribution in [1.29, 1.82) is 0 Å². The van der Waals surface area contributed by atoms with Gasteiger partial charge in [0.25, 0.3) is 0 Å². The second kappa shape index (κ2) is 6.95. The lowest BCUT2D eigenvalue weighted by Gasteiger charge is -2.27. The van der Waals surface area contributed by atoms with Gasteiger partial charge in [-0.25, -0.2) is 14.0 Å². The van der Waals surface area contributed by atoms with Crippen LogP contribution in [0.25, 0.3) is 0 Å². The van der Waals surface area contributed by atoms with E-state index in [1.165, 1.54) is 11.0 Å². The van der Waals surface area contributed by atoms with E-state index in [1.54, 1.807) is 20.8 Å². The van der Waals surface area contributed by atoms with Gasteiger partial charge in [-0.1, -0.05) is 0 Å². The highest BCUT2D eigenvalue weighted by molar-refractivity contribution is 5.93. The van der Waals surface area contributed by atoms with Gasteiger partial charge in [0.05, 0.1) is 0 Å². The van der Waals surface area contributed by atoms with Gasteiger partial charge < -0.3 is 19.7 Å². The molecule has 23 heavy (non-hydrogen) atoms. The summed E-state index contributed by atoms with van der Waals surface area (Å²) in [5.74, 6) is -1.35. The Kier molecular flexibility index (Phi) is 5.20. The van der Waals surface area contributed by atoms with Crippen LogP contribution in [0.15, 0.2) is 18.2 Å². The highest BCUT2D eigenvalue weighted by Crippen LogP contribution is 2.23. The first kappa shape index (κ1) is 17.2. The summed E-state index contributed by atoms with van der Waals surface area (Å²) in [7, 11) is 0. The van der Waals surface area contributed by atoms with Crippen LogP contribution in [-0.4, -0.2) is 48.7 Å². The number of esters is 1. The normalized spacial score (nSPS) is 15.2. The van der Waals surface area contributed by atoms with E-state index in [9.17, 15) is 14.0 Å². The molecule has 0 atom stereocenters. The van der Waals surface area contributed by atoms with Crippen LogP contribution < -0.4 is 10.1 Å². The molecule has 1 fully saturated rings. The van der Waals surface area contributed by atoms with E-state index in [4.69, 9.17) is 9.47 Å². The Morgan fingerprint density at radius 2 is 1.87 bits per heavy atom. The molecule has 0 radical (unpaired) electrons. The third-order valence-electron chi connectivity index (χ3n) is 3.13. The van der Waals surface area contributed by atoms with Crippen LogP contribution in [0.3, 0.4) is 0 Å². The third kappa shape index (κ3) is 4.92. The predicted octanol–water partition coefficient (Wildman–Crippen LogP) is 2.19. The summed E-state index contributed by atoms with van der Waals surface area (Å²) < 4.78 is 24.0. The molecule has 1 heterocycles. The fourth-order valence-corrected chi connectivity index (χ4v) is 2.09. The summed E-state index contributed by atoms with van der Waals surface area (Å²) in [6.07, 6.45) is -0.567. The van der Waals surface area contributed by atoms with Crippen molar-refractivity contribution in [3.05, 3.63) is 29.6 Å². The van der Waals surface area contributed by atoms with E-state index < -0.39 is 23.5 Å². The number of nitrogens with zero attached hydrogens (tertiary/aromatic N) is 1. The Balaban J connectivity index is 2.17. The lowest BCUT2D eigenvalue weighted by molar-refractivity contribution is 0.00663. The van der Waals surface area contributed by atoms with Gasteiger partial charge in [0.1, 0.15) is 22.7 Å². The molecular formula is C16H21FN2O4. The molecule has 1 saturated heterocycles. The number of amides is 1. The van der Waals surface area contributed by atoms with Gasteiger partial charge in [0.2, 0.25) is 0 Å². The summed E-state index contributed by atoms with van der Waals surface area (Å²) in [6, 6.07) is 3.40. The van der Waals surface area contributed by atoms with Crippen molar-refractivity contribution in [3.63, 3.8) is 0 Å². The van der Waals surface area contributed by atoms with Crippen molar-refractivity contribution >= 4 is 12.1 Å². The minimum atomic E-state index is -0.736. The molecule has 6 nitrogen and oxygen atoms in total. The number of hydrogen-bond donors (Lipinski definition) is 1. The van der Waals surface area contributed by atoms with E-state index in [0.29, 0.717) is 26.2 Å². The van der Waals surface area contributed by atoms with Crippen LogP contribution in [0.2, 0.25) is 0 Å². The number of nitrogens with one attached hydrogen (secondary N) is 1. The zero-order chi connectivity index (χ0) is 17.0. The SMILES string of the molecule is CC(C)(C)OC(=O)c1cc(F)ccc1OC(=O)N1CCNCC1. The maximum absolute atomic E-state index is 13.5. The Morgan fingerprint density at radius 1 is 1.22 bits per heavy atom. The fourth-order valence-electron chi connectivity index (χ4n) is 2.09.